The van der Waals surface area contributed by atoms with E-state index in [-0.39, 0.29) is 6.10 Å². The van der Waals surface area contributed by atoms with Crippen LogP contribution in [0.15, 0.2) is 30.7 Å². The van der Waals surface area contributed by atoms with E-state index < -0.39 is 0 Å². The number of aryl methyl sites for hydroxylation is 2. The summed E-state index contributed by atoms with van der Waals surface area (Å²) in [5, 5.41) is 3.63. The molecule has 3 rings (SSSR count). The van der Waals surface area contributed by atoms with Crippen LogP contribution < -0.4 is 5.32 Å². The Labute approximate surface area is 119 Å². The zero-order valence-electron chi connectivity index (χ0n) is 12.1. The van der Waals surface area contributed by atoms with Crippen molar-refractivity contribution in [3.8, 4) is 0 Å². The fraction of sp³-hybridized carbons (Fsp3) is 0.533. The van der Waals surface area contributed by atoms with Crippen LogP contribution >= 0.6 is 0 Å². The Kier molecular flexibility index (Phi) is 3.89. The van der Waals surface area contributed by atoms with Crippen molar-refractivity contribution in [2.45, 2.75) is 31.5 Å². The molecule has 2 atom stereocenters. The van der Waals surface area contributed by atoms with E-state index in [1.807, 2.05) is 24.0 Å². The molecule has 108 valence electrons. The highest BCUT2D eigenvalue weighted by atomic mass is 16.5. The first kappa shape index (κ1) is 13.4. The first-order chi connectivity index (χ1) is 9.75. The lowest BCUT2D eigenvalue weighted by Gasteiger charge is -2.32. The van der Waals surface area contributed by atoms with Crippen molar-refractivity contribution in [1.82, 2.24) is 19.4 Å². The van der Waals surface area contributed by atoms with Crippen molar-refractivity contribution in [3.63, 3.8) is 0 Å². The second-order valence-corrected chi connectivity index (χ2v) is 5.43. The molecule has 0 aliphatic carbocycles. The van der Waals surface area contributed by atoms with E-state index in [0.717, 1.165) is 31.8 Å². The van der Waals surface area contributed by atoms with Gasteiger partial charge in [-0.15, -0.1) is 0 Å². The topological polar surface area (TPSA) is 44.0 Å². The summed E-state index contributed by atoms with van der Waals surface area (Å²) in [5.74, 6) is 1.01. The van der Waals surface area contributed by atoms with Crippen LogP contribution in [0.25, 0.3) is 0 Å². The molecule has 1 aliphatic rings. The summed E-state index contributed by atoms with van der Waals surface area (Å²) in [6, 6.07) is 4.54. The normalized spacial score (nSPS) is 23.1. The molecular weight excluding hydrogens is 252 g/mol. The maximum Gasteiger partial charge on any atom is 0.139 e. The monoisotopic (exact) mass is 274 g/mol. The number of imidazole rings is 1. The lowest BCUT2D eigenvalue weighted by atomic mass is 10.0. The molecule has 1 saturated heterocycles. The van der Waals surface area contributed by atoms with Gasteiger partial charge in [0.2, 0.25) is 0 Å². The minimum atomic E-state index is 0.0454. The van der Waals surface area contributed by atoms with Gasteiger partial charge in [-0.05, 0) is 25.0 Å². The lowest BCUT2D eigenvalue weighted by Crippen LogP contribution is -2.40. The molecule has 0 bridgehead atoms. The van der Waals surface area contributed by atoms with Crippen LogP contribution in [0.1, 0.15) is 30.5 Å². The van der Waals surface area contributed by atoms with E-state index in [2.05, 4.69) is 40.2 Å². The summed E-state index contributed by atoms with van der Waals surface area (Å²) in [6.07, 6.45) is 8.16. The molecule has 0 amide bonds. The molecule has 0 aromatic carbocycles. The highest BCUT2D eigenvalue weighted by molar-refractivity contribution is 5.07. The molecule has 0 radical (unpaired) electrons. The van der Waals surface area contributed by atoms with Gasteiger partial charge in [0.25, 0.3) is 0 Å². The smallest absolute Gasteiger partial charge is 0.139 e. The van der Waals surface area contributed by atoms with E-state index in [4.69, 9.17) is 4.74 Å². The number of rotatable bonds is 4. The predicted molar refractivity (Wildman–Crippen MR) is 77.2 cm³/mol. The highest BCUT2D eigenvalue weighted by Gasteiger charge is 2.29. The standard InChI is InChI=1S/C15H22N4O/c1-18-8-3-5-12(18)11-17-13-6-4-10-20-14(13)15-16-7-9-19(15)2/h3,5,7-9,13-14,17H,4,6,10-11H2,1-2H3/t13-,14-/m0/s1. The molecule has 20 heavy (non-hydrogen) atoms. The van der Waals surface area contributed by atoms with Gasteiger partial charge in [-0.1, -0.05) is 0 Å². The summed E-state index contributed by atoms with van der Waals surface area (Å²) in [5.41, 5.74) is 1.29. The average Bonchev–Trinajstić information content (AvgIpc) is 3.06. The van der Waals surface area contributed by atoms with Gasteiger partial charge < -0.3 is 19.2 Å². The summed E-state index contributed by atoms with van der Waals surface area (Å²) < 4.78 is 10.2. The third-order valence-corrected chi connectivity index (χ3v) is 4.03. The summed E-state index contributed by atoms with van der Waals surface area (Å²) in [4.78, 5) is 4.44. The van der Waals surface area contributed by atoms with Gasteiger partial charge in [0.15, 0.2) is 0 Å². The molecule has 5 nitrogen and oxygen atoms in total. The van der Waals surface area contributed by atoms with Crippen molar-refractivity contribution in [1.29, 1.82) is 0 Å². The Hall–Kier alpha value is -1.59. The fourth-order valence-electron chi connectivity index (χ4n) is 2.81. The van der Waals surface area contributed by atoms with Gasteiger partial charge in [-0.25, -0.2) is 4.98 Å². The van der Waals surface area contributed by atoms with Crippen LogP contribution in [-0.2, 0) is 25.4 Å². The Bertz CT molecular complexity index is 560. The summed E-state index contributed by atoms with van der Waals surface area (Å²) in [6.45, 7) is 1.68. The lowest BCUT2D eigenvalue weighted by molar-refractivity contribution is -0.0179. The van der Waals surface area contributed by atoms with Crippen molar-refractivity contribution in [2.75, 3.05) is 6.61 Å². The van der Waals surface area contributed by atoms with Crippen LogP contribution in [-0.4, -0.2) is 26.8 Å². The first-order valence-electron chi connectivity index (χ1n) is 7.18. The van der Waals surface area contributed by atoms with Crippen LogP contribution in [0.2, 0.25) is 0 Å². The van der Waals surface area contributed by atoms with Crippen LogP contribution in [0, 0.1) is 0 Å². The van der Waals surface area contributed by atoms with E-state index in [9.17, 15) is 0 Å². The maximum absolute atomic E-state index is 5.96. The third-order valence-electron chi connectivity index (χ3n) is 4.03. The number of nitrogens with one attached hydrogen (secondary N) is 1. The second kappa shape index (κ2) is 5.81. The minimum absolute atomic E-state index is 0.0454. The third kappa shape index (κ3) is 2.64. The summed E-state index contributed by atoms with van der Waals surface area (Å²) in [7, 11) is 4.10. The second-order valence-electron chi connectivity index (χ2n) is 5.43. The van der Waals surface area contributed by atoms with E-state index in [0.29, 0.717) is 6.04 Å². The van der Waals surface area contributed by atoms with Crippen molar-refractivity contribution in [2.24, 2.45) is 14.1 Å². The first-order valence-corrected chi connectivity index (χ1v) is 7.18. The molecule has 0 unspecified atom stereocenters. The SMILES string of the molecule is Cn1cccc1CN[C@H]1CCCO[C@@H]1c1nccn1C. The van der Waals surface area contributed by atoms with Gasteiger partial charge in [0, 0.05) is 57.6 Å². The average molecular weight is 274 g/mol. The van der Waals surface area contributed by atoms with Gasteiger partial charge in [0.1, 0.15) is 11.9 Å². The number of aromatic nitrogens is 3. The van der Waals surface area contributed by atoms with Crippen LogP contribution in [0.4, 0.5) is 0 Å². The minimum Gasteiger partial charge on any atom is -0.369 e. The van der Waals surface area contributed by atoms with E-state index in [1.54, 1.807) is 0 Å². The van der Waals surface area contributed by atoms with E-state index in [1.165, 1.54) is 5.69 Å². The quantitative estimate of drug-likeness (QED) is 0.924. The summed E-state index contributed by atoms with van der Waals surface area (Å²) >= 11 is 0. The molecule has 3 heterocycles. The fourth-order valence-corrected chi connectivity index (χ4v) is 2.81. The van der Waals surface area contributed by atoms with Gasteiger partial charge >= 0.3 is 0 Å². The molecule has 2 aromatic heterocycles. The van der Waals surface area contributed by atoms with E-state index >= 15 is 0 Å². The van der Waals surface area contributed by atoms with Crippen molar-refractivity contribution >= 4 is 0 Å². The highest BCUT2D eigenvalue weighted by Crippen LogP contribution is 2.27. The number of hydrogen-bond donors (Lipinski definition) is 1. The van der Waals surface area contributed by atoms with Gasteiger partial charge in [0.05, 0.1) is 0 Å². The molecule has 1 fully saturated rings. The molecular formula is C15H22N4O. The Balaban J connectivity index is 1.70. The number of hydrogen-bond acceptors (Lipinski definition) is 3. The zero-order valence-corrected chi connectivity index (χ0v) is 12.1. The Morgan fingerprint density at radius 2 is 2.25 bits per heavy atom. The van der Waals surface area contributed by atoms with Gasteiger partial charge in [-0.3, -0.25) is 0 Å². The molecule has 1 aliphatic heterocycles. The largest absolute Gasteiger partial charge is 0.369 e. The molecule has 2 aromatic rings. The molecule has 5 heteroatoms. The predicted octanol–water partition coefficient (Wildman–Crippen LogP) is 1.77. The van der Waals surface area contributed by atoms with Gasteiger partial charge in [-0.2, -0.15) is 0 Å². The maximum atomic E-state index is 5.96. The van der Waals surface area contributed by atoms with Crippen molar-refractivity contribution in [3.05, 3.63) is 42.2 Å². The van der Waals surface area contributed by atoms with Crippen LogP contribution in [0.3, 0.4) is 0 Å². The Morgan fingerprint density at radius 3 is 2.95 bits per heavy atom. The number of ether oxygens (including phenoxy) is 1. The Morgan fingerprint density at radius 1 is 1.35 bits per heavy atom. The number of nitrogens with zero attached hydrogens (tertiary/aromatic N) is 3. The molecule has 1 N–H and O–H groups in total. The van der Waals surface area contributed by atoms with Crippen LogP contribution in [0.5, 0.6) is 0 Å². The molecule has 0 saturated carbocycles. The zero-order chi connectivity index (χ0) is 13.9. The van der Waals surface area contributed by atoms with Crippen molar-refractivity contribution < 1.29 is 4.74 Å². The molecule has 0 spiro atoms.